The molecule has 1 saturated heterocycles. The van der Waals surface area contributed by atoms with E-state index in [9.17, 15) is 9.59 Å². The molecule has 2 aliphatic heterocycles. The molecular formula is C19H22N4O4. The number of aryl methyl sites for hydroxylation is 1. The molecule has 2 aliphatic rings. The maximum absolute atomic E-state index is 12.7. The molecule has 0 spiro atoms. The number of benzene rings is 1. The first kappa shape index (κ1) is 17.5. The van der Waals surface area contributed by atoms with Gasteiger partial charge >= 0.3 is 0 Å². The largest absolute Gasteiger partial charge is 0.454 e. The lowest BCUT2D eigenvalue weighted by Crippen LogP contribution is -2.48. The van der Waals surface area contributed by atoms with Crippen molar-refractivity contribution in [3.8, 4) is 11.5 Å². The van der Waals surface area contributed by atoms with Crippen LogP contribution in [0.15, 0.2) is 35.1 Å². The van der Waals surface area contributed by atoms with E-state index in [1.165, 1.54) is 16.8 Å². The Balaban J connectivity index is 1.36. The number of piperazine rings is 1. The molecule has 0 saturated carbocycles. The van der Waals surface area contributed by atoms with Crippen molar-refractivity contribution in [2.75, 3.05) is 33.0 Å². The minimum atomic E-state index is -0.192. The summed E-state index contributed by atoms with van der Waals surface area (Å²) in [6, 6.07) is 8.90. The molecule has 1 amide bonds. The number of carbonyl (C=O) groups excluding carboxylic acids is 1. The van der Waals surface area contributed by atoms with Gasteiger partial charge in [0.15, 0.2) is 11.5 Å². The average Bonchev–Trinajstić information content (AvgIpc) is 3.16. The summed E-state index contributed by atoms with van der Waals surface area (Å²) in [5, 5.41) is 4.16. The van der Waals surface area contributed by atoms with Crippen LogP contribution in [0, 0.1) is 0 Å². The third-order valence-electron chi connectivity index (χ3n) is 4.89. The van der Waals surface area contributed by atoms with Crippen LogP contribution < -0.4 is 15.0 Å². The van der Waals surface area contributed by atoms with E-state index in [4.69, 9.17) is 9.47 Å². The standard InChI is InChI=1S/C19H22N4O4/c1-2-23-18(24)6-4-15(20-23)19(25)22-9-7-21(8-10-22)12-14-3-5-16-17(11-14)27-13-26-16/h3-6,11H,2,7-10,12-13H2,1H3. The third kappa shape index (κ3) is 3.66. The number of aromatic nitrogens is 2. The van der Waals surface area contributed by atoms with E-state index < -0.39 is 0 Å². The molecule has 27 heavy (non-hydrogen) atoms. The molecule has 4 rings (SSSR count). The molecule has 2 aromatic rings. The summed E-state index contributed by atoms with van der Waals surface area (Å²) >= 11 is 0. The van der Waals surface area contributed by atoms with Gasteiger partial charge in [-0.3, -0.25) is 14.5 Å². The zero-order valence-electron chi connectivity index (χ0n) is 15.3. The van der Waals surface area contributed by atoms with E-state index in [0.29, 0.717) is 25.3 Å². The predicted molar refractivity (Wildman–Crippen MR) is 97.9 cm³/mol. The van der Waals surface area contributed by atoms with Crippen LogP contribution in [-0.2, 0) is 13.1 Å². The Bertz CT molecular complexity index is 903. The number of hydrogen-bond acceptors (Lipinski definition) is 6. The summed E-state index contributed by atoms with van der Waals surface area (Å²) in [6.07, 6.45) is 0. The van der Waals surface area contributed by atoms with E-state index in [1.807, 2.05) is 25.1 Å². The van der Waals surface area contributed by atoms with Crippen LogP contribution in [-0.4, -0.2) is 58.5 Å². The molecule has 0 N–H and O–H groups in total. The highest BCUT2D eigenvalue weighted by molar-refractivity contribution is 5.92. The van der Waals surface area contributed by atoms with Gasteiger partial charge < -0.3 is 14.4 Å². The van der Waals surface area contributed by atoms with Gasteiger partial charge in [0.25, 0.3) is 11.5 Å². The van der Waals surface area contributed by atoms with Gasteiger partial charge in [-0.05, 0) is 30.7 Å². The van der Waals surface area contributed by atoms with Gasteiger partial charge in [0.2, 0.25) is 6.79 Å². The van der Waals surface area contributed by atoms with Crippen LogP contribution in [0.3, 0.4) is 0 Å². The first-order valence-electron chi connectivity index (χ1n) is 9.12. The second kappa shape index (κ2) is 7.40. The van der Waals surface area contributed by atoms with Crippen molar-refractivity contribution < 1.29 is 14.3 Å². The number of carbonyl (C=O) groups is 1. The van der Waals surface area contributed by atoms with Crippen molar-refractivity contribution in [3.63, 3.8) is 0 Å². The number of rotatable bonds is 4. The molecular weight excluding hydrogens is 348 g/mol. The van der Waals surface area contributed by atoms with Gasteiger partial charge in [0.05, 0.1) is 0 Å². The average molecular weight is 370 g/mol. The van der Waals surface area contributed by atoms with Crippen molar-refractivity contribution in [3.05, 3.63) is 51.9 Å². The summed E-state index contributed by atoms with van der Waals surface area (Å²) < 4.78 is 12.1. The second-order valence-electron chi connectivity index (χ2n) is 6.63. The lowest BCUT2D eigenvalue weighted by atomic mass is 10.1. The number of ether oxygens (including phenoxy) is 2. The first-order chi connectivity index (χ1) is 13.1. The summed E-state index contributed by atoms with van der Waals surface area (Å²) in [6.45, 7) is 6.20. The van der Waals surface area contributed by atoms with Gasteiger partial charge in [0, 0.05) is 45.3 Å². The molecule has 0 aliphatic carbocycles. The topological polar surface area (TPSA) is 76.9 Å². The van der Waals surface area contributed by atoms with Crippen LogP contribution in [0.25, 0.3) is 0 Å². The lowest BCUT2D eigenvalue weighted by molar-refractivity contribution is 0.0620. The highest BCUT2D eigenvalue weighted by Crippen LogP contribution is 2.32. The molecule has 1 aromatic heterocycles. The van der Waals surface area contributed by atoms with E-state index >= 15 is 0 Å². The van der Waals surface area contributed by atoms with Gasteiger partial charge in [-0.25, -0.2) is 4.68 Å². The van der Waals surface area contributed by atoms with Crippen molar-refractivity contribution in [2.45, 2.75) is 20.0 Å². The summed E-state index contributed by atoms with van der Waals surface area (Å²) in [4.78, 5) is 28.4. The van der Waals surface area contributed by atoms with Crippen molar-refractivity contribution >= 4 is 5.91 Å². The summed E-state index contributed by atoms with van der Waals surface area (Å²) in [5.41, 5.74) is 1.29. The molecule has 0 atom stereocenters. The quantitative estimate of drug-likeness (QED) is 0.798. The molecule has 3 heterocycles. The number of amides is 1. The van der Waals surface area contributed by atoms with Crippen LogP contribution in [0.2, 0.25) is 0 Å². The molecule has 142 valence electrons. The molecule has 1 aromatic carbocycles. The van der Waals surface area contributed by atoms with E-state index in [0.717, 1.165) is 36.7 Å². The van der Waals surface area contributed by atoms with Crippen molar-refractivity contribution in [1.82, 2.24) is 19.6 Å². The van der Waals surface area contributed by atoms with E-state index in [-0.39, 0.29) is 18.3 Å². The fourth-order valence-electron chi connectivity index (χ4n) is 3.36. The number of nitrogens with zero attached hydrogens (tertiary/aromatic N) is 4. The maximum atomic E-state index is 12.7. The van der Waals surface area contributed by atoms with Gasteiger partial charge in [0.1, 0.15) is 5.69 Å². The zero-order chi connectivity index (χ0) is 18.8. The van der Waals surface area contributed by atoms with Crippen LogP contribution in [0.1, 0.15) is 23.0 Å². The smallest absolute Gasteiger partial charge is 0.274 e. The Morgan fingerprint density at radius 2 is 1.85 bits per heavy atom. The van der Waals surface area contributed by atoms with Crippen molar-refractivity contribution in [1.29, 1.82) is 0 Å². The van der Waals surface area contributed by atoms with Gasteiger partial charge in [-0.2, -0.15) is 5.10 Å². The summed E-state index contributed by atoms with van der Waals surface area (Å²) in [5.74, 6) is 1.45. The maximum Gasteiger partial charge on any atom is 0.274 e. The third-order valence-corrected chi connectivity index (χ3v) is 4.89. The minimum Gasteiger partial charge on any atom is -0.454 e. The van der Waals surface area contributed by atoms with Gasteiger partial charge in [-0.15, -0.1) is 0 Å². The Kier molecular flexibility index (Phi) is 4.81. The summed E-state index contributed by atoms with van der Waals surface area (Å²) in [7, 11) is 0. The van der Waals surface area contributed by atoms with E-state index in [2.05, 4.69) is 10.00 Å². The molecule has 0 unspecified atom stereocenters. The van der Waals surface area contributed by atoms with Gasteiger partial charge in [-0.1, -0.05) is 6.07 Å². The normalized spacial score (nSPS) is 16.6. The highest BCUT2D eigenvalue weighted by atomic mass is 16.7. The van der Waals surface area contributed by atoms with Crippen LogP contribution in [0.4, 0.5) is 0 Å². The Morgan fingerprint density at radius 1 is 1.07 bits per heavy atom. The predicted octanol–water partition coefficient (Wildman–Crippen LogP) is 0.950. The Labute approximate surface area is 156 Å². The molecule has 1 fully saturated rings. The monoisotopic (exact) mass is 370 g/mol. The fourth-order valence-corrected chi connectivity index (χ4v) is 3.36. The Morgan fingerprint density at radius 3 is 2.63 bits per heavy atom. The number of fused-ring (bicyclic) bond motifs is 1. The lowest BCUT2D eigenvalue weighted by Gasteiger charge is -2.34. The van der Waals surface area contributed by atoms with Crippen LogP contribution >= 0.6 is 0 Å². The second-order valence-corrected chi connectivity index (χ2v) is 6.63. The number of hydrogen-bond donors (Lipinski definition) is 0. The van der Waals surface area contributed by atoms with Crippen LogP contribution in [0.5, 0.6) is 11.5 Å². The molecule has 8 heteroatoms. The fraction of sp³-hybridized carbons (Fsp3) is 0.421. The molecule has 0 bridgehead atoms. The van der Waals surface area contributed by atoms with E-state index in [1.54, 1.807) is 4.90 Å². The minimum absolute atomic E-state index is 0.125. The molecule has 8 nitrogen and oxygen atoms in total. The first-order valence-corrected chi connectivity index (χ1v) is 9.12. The SMILES string of the molecule is CCn1nc(C(=O)N2CCN(Cc3ccc4c(c3)OCO4)CC2)ccc1=O. The Hall–Kier alpha value is -2.87. The highest BCUT2D eigenvalue weighted by Gasteiger charge is 2.24. The molecule has 0 radical (unpaired) electrons. The van der Waals surface area contributed by atoms with Crippen molar-refractivity contribution in [2.24, 2.45) is 0 Å². The zero-order valence-corrected chi connectivity index (χ0v) is 15.3.